The second-order valence-corrected chi connectivity index (χ2v) is 3.71. The van der Waals surface area contributed by atoms with Gasteiger partial charge in [-0.3, -0.25) is 4.98 Å². The van der Waals surface area contributed by atoms with E-state index in [9.17, 15) is 4.39 Å². The van der Waals surface area contributed by atoms with Gasteiger partial charge in [0.25, 0.3) is 0 Å². The quantitative estimate of drug-likeness (QED) is 0.780. The molecule has 15 heavy (non-hydrogen) atoms. The zero-order valence-corrected chi connectivity index (χ0v) is 9.07. The van der Waals surface area contributed by atoms with Crippen LogP contribution in [-0.2, 0) is 0 Å². The van der Waals surface area contributed by atoms with E-state index in [4.69, 9.17) is 5.11 Å². The summed E-state index contributed by atoms with van der Waals surface area (Å²) in [6, 6.07) is 3.13. The van der Waals surface area contributed by atoms with Gasteiger partial charge in [0.2, 0.25) is 0 Å². The van der Waals surface area contributed by atoms with Crippen LogP contribution in [-0.4, -0.2) is 22.7 Å². The third kappa shape index (κ3) is 4.36. The Labute approximate surface area is 89.4 Å². The average molecular weight is 212 g/mol. The first-order valence-electron chi connectivity index (χ1n) is 5.12. The Hall–Kier alpha value is -1.00. The fourth-order valence-electron chi connectivity index (χ4n) is 1.26. The maximum absolute atomic E-state index is 12.6. The highest BCUT2D eigenvalue weighted by Crippen LogP contribution is 2.09. The van der Waals surface area contributed by atoms with Gasteiger partial charge in [0.15, 0.2) is 0 Å². The lowest BCUT2D eigenvalue weighted by atomic mass is 10.2. The van der Waals surface area contributed by atoms with Crippen LogP contribution in [0.1, 0.15) is 32.0 Å². The van der Waals surface area contributed by atoms with Gasteiger partial charge >= 0.3 is 0 Å². The van der Waals surface area contributed by atoms with Gasteiger partial charge in [0.1, 0.15) is 5.82 Å². The van der Waals surface area contributed by atoms with E-state index in [1.807, 2.05) is 6.92 Å². The number of pyridine rings is 1. The monoisotopic (exact) mass is 212 g/mol. The van der Waals surface area contributed by atoms with E-state index in [2.05, 4.69) is 10.3 Å². The molecule has 84 valence electrons. The minimum Gasteiger partial charge on any atom is -0.393 e. The average Bonchev–Trinajstić information content (AvgIpc) is 2.18. The van der Waals surface area contributed by atoms with Crippen LogP contribution in [0.3, 0.4) is 0 Å². The molecule has 4 heteroatoms. The first-order chi connectivity index (χ1) is 7.09. The standard InChI is InChI=1S/C11H17FN2O/c1-8(15)5-6-13-9(2)11-4-3-10(12)7-14-11/h3-4,7-9,13,15H,5-6H2,1-2H3. The largest absolute Gasteiger partial charge is 0.393 e. The van der Waals surface area contributed by atoms with Gasteiger partial charge in [-0.2, -0.15) is 0 Å². The van der Waals surface area contributed by atoms with Crippen molar-refractivity contribution in [2.75, 3.05) is 6.54 Å². The van der Waals surface area contributed by atoms with Crippen LogP contribution in [0.5, 0.6) is 0 Å². The molecule has 1 aromatic rings. The summed E-state index contributed by atoms with van der Waals surface area (Å²) in [6.07, 6.45) is 1.61. The van der Waals surface area contributed by atoms with Gasteiger partial charge in [0, 0.05) is 6.04 Å². The predicted octanol–water partition coefficient (Wildman–Crippen LogP) is 1.64. The van der Waals surface area contributed by atoms with E-state index in [1.165, 1.54) is 12.3 Å². The van der Waals surface area contributed by atoms with Crippen molar-refractivity contribution in [1.29, 1.82) is 0 Å². The zero-order chi connectivity index (χ0) is 11.3. The number of nitrogens with one attached hydrogen (secondary N) is 1. The smallest absolute Gasteiger partial charge is 0.141 e. The molecule has 2 unspecified atom stereocenters. The first-order valence-corrected chi connectivity index (χ1v) is 5.12. The summed E-state index contributed by atoms with van der Waals surface area (Å²) in [6.45, 7) is 4.43. The molecule has 1 rings (SSSR count). The molecule has 2 atom stereocenters. The summed E-state index contributed by atoms with van der Waals surface area (Å²) in [4.78, 5) is 3.98. The summed E-state index contributed by atoms with van der Waals surface area (Å²) >= 11 is 0. The molecular weight excluding hydrogens is 195 g/mol. The highest BCUT2D eigenvalue weighted by molar-refractivity contribution is 5.08. The minimum atomic E-state index is -0.324. The van der Waals surface area contributed by atoms with Crippen LogP contribution < -0.4 is 5.32 Å². The number of aliphatic hydroxyl groups excluding tert-OH is 1. The molecule has 0 saturated carbocycles. The van der Waals surface area contributed by atoms with E-state index in [1.54, 1.807) is 13.0 Å². The Balaban J connectivity index is 2.40. The van der Waals surface area contributed by atoms with Gasteiger partial charge in [-0.25, -0.2) is 4.39 Å². The number of hydrogen-bond donors (Lipinski definition) is 2. The molecule has 1 heterocycles. The predicted molar refractivity (Wildman–Crippen MR) is 56.9 cm³/mol. The summed E-state index contributed by atoms with van der Waals surface area (Å²) in [5.41, 5.74) is 0.807. The fraction of sp³-hybridized carbons (Fsp3) is 0.545. The molecular formula is C11H17FN2O. The summed E-state index contributed by atoms with van der Waals surface area (Å²) in [7, 11) is 0. The molecule has 0 spiro atoms. The van der Waals surface area contributed by atoms with Crippen LogP contribution in [0, 0.1) is 5.82 Å². The SMILES string of the molecule is CC(O)CCNC(C)c1ccc(F)cn1. The van der Waals surface area contributed by atoms with E-state index < -0.39 is 0 Å². The molecule has 0 radical (unpaired) electrons. The number of nitrogens with zero attached hydrogens (tertiary/aromatic N) is 1. The van der Waals surface area contributed by atoms with Crippen molar-refractivity contribution in [3.8, 4) is 0 Å². The first kappa shape index (κ1) is 12.1. The van der Waals surface area contributed by atoms with Gasteiger partial charge in [-0.15, -0.1) is 0 Å². The molecule has 2 N–H and O–H groups in total. The maximum Gasteiger partial charge on any atom is 0.141 e. The molecule has 0 fully saturated rings. The number of hydrogen-bond acceptors (Lipinski definition) is 3. The highest BCUT2D eigenvalue weighted by atomic mass is 19.1. The van der Waals surface area contributed by atoms with Crippen LogP contribution in [0.25, 0.3) is 0 Å². The van der Waals surface area contributed by atoms with E-state index in [0.717, 1.165) is 12.2 Å². The van der Waals surface area contributed by atoms with Gasteiger partial charge in [-0.05, 0) is 38.9 Å². The molecule has 0 aliphatic carbocycles. The fourth-order valence-corrected chi connectivity index (χ4v) is 1.26. The second-order valence-electron chi connectivity index (χ2n) is 3.71. The zero-order valence-electron chi connectivity index (χ0n) is 9.07. The Morgan fingerprint density at radius 3 is 2.73 bits per heavy atom. The number of aliphatic hydroxyl groups is 1. The van der Waals surface area contributed by atoms with E-state index >= 15 is 0 Å². The third-order valence-electron chi connectivity index (χ3n) is 2.21. The Kier molecular flexibility index (Phi) is 4.65. The normalized spacial score (nSPS) is 14.9. The topological polar surface area (TPSA) is 45.1 Å². The Morgan fingerprint density at radius 2 is 2.20 bits per heavy atom. The lowest BCUT2D eigenvalue weighted by Crippen LogP contribution is -2.23. The number of rotatable bonds is 5. The lowest BCUT2D eigenvalue weighted by molar-refractivity contribution is 0.182. The summed E-state index contributed by atoms with van der Waals surface area (Å²) in [5, 5.41) is 12.3. The van der Waals surface area contributed by atoms with Crippen molar-refractivity contribution in [2.45, 2.75) is 32.4 Å². The Bertz CT molecular complexity index is 287. The van der Waals surface area contributed by atoms with Crippen molar-refractivity contribution in [3.05, 3.63) is 29.8 Å². The molecule has 0 aromatic carbocycles. The van der Waals surface area contributed by atoms with E-state index in [-0.39, 0.29) is 18.0 Å². The van der Waals surface area contributed by atoms with Crippen molar-refractivity contribution < 1.29 is 9.50 Å². The number of aromatic nitrogens is 1. The van der Waals surface area contributed by atoms with Gasteiger partial charge in [-0.1, -0.05) is 0 Å². The molecule has 0 aliphatic heterocycles. The van der Waals surface area contributed by atoms with Crippen molar-refractivity contribution >= 4 is 0 Å². The number of halogens is 1. The summed E-state index contributed by atoms with van der Waals surface area (Å²) < 4.78 is 12.6. The third-order valence-corrected chi connectivity index (χ3v) is 2.21. The molecule has 0 amide bonds. The Morgan fingerprint density at radius 1 is 1.47 bits per heavy atom. The maximum atomic E-state index is 12.6. The van der Waals surface area contributed by atoms with Crippen LogP contribution >= 0.6 is 0 Å². The minimum absolute atomic E-state index is 0.0735. The molecule has 0 bridgehead atoms. The molecule has 3 nitrogen and oxygen atoms in total. The van der Waals surface area contributed by atoms with Gasteiger partial charge in [0.05, 0.1) is 18.0 Å². The highest BCUT2D eigenvalue weighted by Gasteiger charge is 2.06. The molecule has 0 saturated heterocycles. The van der Waals surface area contributed by atoms with Gasteiger partial charge < -0.3 is 10.4 Å². The second kappa shape index (κ2) is 5.78. The lowest BCUT2D eigenvalue weighted by Gasteiger charge is -2.13. The van der Waals surface area contributed by atoms with Crippen molar-refractivity contribution in [1.82, 2.24) is 10.3 Å². The van der Waals surface area contributed by atoms with Crippen molar-refractivity contribution in [2.24, 2.45) is 0 Å². The van der Waals surface area contributed by atoms with Crippen LogP contribution in [0.2, 0.25) is 0 Å². The van der Waals surface area contributed by atoms with E-state index in [0.29, 0.717) is 6.42 Å². The molecule has 1 aromatic heterocycles. The van der Waals surface area contributed by atoms with Crippen LogP contribution in [0.4, 0.5) is 4.39 Å². The van der Waals surface area contributed by atoms with Crippen molar-refractivity contribution in [3.63, 3.8) is 0 Å². The summed E-state index contributed by atoms with van der Waals surface area (Å²) in [5.74, 6) is -0.324. The molecule has 0 aliphatic rings. The van der Waals surface area contributed by atoms with Crippen LogP contribution in [0.15, 0.2) is 18.3 Å².